The summed E-state index contributed by atoms with van der Waals surface area (Å²) in [6, 6.07) is 0. The molecule has 0 amide bonds. The van der Waals surface area contributed by atoms with Gasteiger partial charge in [-0.3, -0.25) is 0 Å². The zero-order valence-corrected chi connectivity index (χ0v) is 8.59. The molecule has 0 fully saturated rings. The van der Waals surface area contributed by atoms with Crippen molar-refractivity contribution in [1.29, 1.82) is 0 Å². The lowest BCUT2D eigenvalue weighted by Crippen LogP contribution is -2.04. The summed E-state index contributed by atoms with van der Waals surface area (Å²) in [6.07, 6.45) is 1.50. The van der Waals surface area contributed by atoms with E-state index in [1.807, 2.05) is 0 Å². The van der Waals surface area contributed by atoms with Crippen molar-refractivity contribution in [2.45, 2.75) is 20.8 Å². The summed E-state index contributed by atoms with van der Waals surface area (Å²) in [5.41, 5.74) is -0.0706. The molecule has 0 aliphatic carbocycles. The van der Waals surface area contributed by atoms with E-state index in [4.69, 9.17) is 0 Å². The van der Waals surface area contributed by atoms with Gasteiger partial charge in [0, 0.05) is 5.56 Å². The Hall–Kier alpha value is -1.32. The summed E-state index contributed by atoms with van der Waals surface area (Å²) in [7, 11) is 0. The summed E-state index contributed by atoms with van der Waals surface area (Å²) >= 11 is 0. The van der Waals surface area contributed by atoms with E-state index in [-0.39, 0.29) is 11.1 Å². The van der Waals surface area contributed by atoms with Gasteiger partial charge in [-0.1, -0.05) is 6.08 Å². The molecule has 0 spiro atoms. The molecule has 0 heterocycles. The number of allylic oxidation sites excluding steroid dienone is 2. The third kappa shape index (κ3) is 1.76. The zero-order chi connectivity index (χ0) is 11.7. The third-order valence-corrected chi connectivity index (χ3v) is 2.33. The van der Waals surface area contributed by atoms with E-state index in [0.29, 0.717) is 5.57 Å². The van der Waals surface area contributed by atoms with E-state index < -0.39 is 23.3 Å². The maximum Gasteiger partial charge on any atom is 0.198 e. The van der Waals surface area contributed by atoms with Crippen LogP contribution in [0.15, 0.2) is 6.08 Å². The van der Waals surface area contributed by atoms with Gasteiger partial charge < -0.3 is 0 Å². The molecule has 1 rings (SSSR count). The second-order valence-corrected chi connectivity index (χ2v) is 3.23. The van der Waals surface area contributed by atoms with Crippen LogP contribution in [0, 0.1) is 30.2 Å². The highest BCUT2D eigenvalue weighted by molar-refractivity contribution is 5.67. The minimum absolute atomic E-state index is 0.214. The molecule has 0 nitrogen and oxygen atoms in total. The molecular formula is C11H10F4. The van der Waals surface area contributed by atoms with Crippen molar-refractivity contribution in [2.24, 2.45) is 0 Å². The Bertz CT molecular complexity index is 404. The van der Waals surface area contributed by atoms with Crippen LogP contribution in [0.2, 0.25) is 0 Å². The highest BCUT2D eigenvalue weighted by Gasteiger charge is 2.23. The zero-order valence-electron chi connectivity index (χ0n) is 8.59. The smallest absolute Gasteiger partial charge is 0.198 e. The number of benzene rings is 1. The molecule has 0 radical (unpaired) electrons. The monoisotopic (exact) mass is 218 g/mol. The molecule has 0 aliphatic heterocycles. The van der Waals surface area contributed by atoms with Gasteiger partial charge >= 0.3 is 0 Å². The van der Waals surface area contributed by atoms with Crippen LogP contribution in [0.3, 0.4) is 0 Å². The van der Waals surface area contributed by atoms with Crippen molar-refractivity contribution in [1.82, 2.24) is 0 Å². The summed E-state index contributed by atoms with van der Waals surface area (Å²) in [4.78, 5) is 0. The number of hydrogen-bond donors (Lipinski definition) is 0. The Balaban J connectivity index is 3.67. The molecule has 0 aromatic heterocycles. The Morgan fingerprint density at radius 1 is 0.933 bits per heavy atom. The van der Waals surface area contributed by atoms with E-state index >= 15 is 0 Å². The van der Waals surface area contributed by atoms with Crippen LogP contribution in [0.4, 0.5) is 17.6 Å². The average Bonchev–Trinajstić information content (AvgIpc) is 2.23. The maximum atomic E-state index is 13.3. The minimum Gasteiger partial charge on any atom is -0.203 e. The first-order chi connectivity index (χ1) is 6.91. The lowest BCUT2D eigenvalue weighted by atomic mass is 10.00. The van der Waals surface area contributed by atoms with Gasteiger partial charge in [0.1, 0.15) is 0 Å². The minimum atomic E-state index is -1.77. The average molecular weight is 218 g/mol. The van der Waals surface area contributed by atoms with Gasteiger partial charge in [-0.15, -0.1) is 0 Å². The second kappa shape index (κ2) is 4.04. The normalized spacial score (nSPS) is 12.1. The van der Waals surface area contributed by atoms with E-state index in [2.05, 4.69) is 0 Å². The fourth-order valence-electron chi connectivity index (χ4n) is 1.35. The van der Waals surface area contributed by atoms with Gasteiger partial charge in [-0.2, -0.15) is 0 Å². The van der Waals surface area contributed by atoms with Crippen LogP contribution in [-0.2, 0) is 0 Å². The molecule has 0 atom stereocenters. The van der Waals surface area contributed by atoms with Crippen LogP contribution in [0.5, 0.6) is 0 Å². The Kier molecular flexibility index (Phi) is 3.17. The predicted octanol–water partition coefficient (Wildman–Crippen LogP) is 3.97. The molecule has 0 N–H and O–H groups in total. The first-order valence-electron chi connectivity index (χ1n) is 4.37. The van der Waals surface area contributed by atoms with Gasteiger partial charge in [-0.25, -0.2) is 17.6 Å². The quantitative estimate of drug-likeness (QED) is 0.380. The van der Waals surface area contributed by atoms with Gasteiger partial charge in [0.25, 0.3) is 0 Å². The van der Waals surface area contributed by atoms with Crippen molar-refractivity contribution in [3.05, 3.63) is 40.5 Å². The SMILES string of the molecule is C/C=C(/C)c1c(C)c(F)c(F)c(F)c1F. The highest BCUT2D eigenvalue weighted by Crippen LogP contribution is 2.28. The Morgan fingerprint density at radius 3 is 1.87 bits per heavy atom. The lowest BCUT2D eigenvalue weighted by Gasteiger charge is -2.10. The van der Waals surface area contributed by atoms with Crippen LogP contribution in [0.1, 0.15) is 25.0 Å². The van der Waals surface area contributed by atoms with Crippen molar-refractivity contribution in [3.63, 3.8) is 0 Å². The summed E-state index contributed by atoms with van der Waals surface area (Å²) in [5.74, 6) is -6.22. The molecular weight excluding hydrogens is 208 g/mol. The van der Waals surface area contributed by atoms with Crippen LogP contribution >= 0.6 is 0 Å². The number of halogens is 4. The summed E-state index contributed by atoms with van der Waals surface area (Å²) in [6.45, 7) is 4.32. The van der Waals surface area contributed by atoms with Crippen molar-refractivity contribution < 1.29 is 17.6 Å². The van der Waals surface area contributed by atoms with E-state index in [9.17, 15) is 17.6 Å². The molecule has 0 saturated heterocycles. The van der Waals surface area contributed by atoms with Crippen LogP contribution < -0.4 is 0 Å². The molecule has 82 valence electrons. The van der Waals surface area contributed by atoms with Crippen LogP contribution in [0.25, 0.3) is 5.57 Å². The topological polar surface area (TPSA) is 0 Å². The Labute approximate surface area is 85.2 Å². The third-order valence-electron chi connectivity index (χ3n) is 2.33. The van der Waals surface area contributed by atoms with Gasteiger partial charge in [0.2, 0.25) is 0 Å². The lowest BCUT2D eigenvalue weighted by molar-refractivity contribution is 0.404. The first-order valence-corrected chi connectivity index (χ1v) is 4.37. The molecule has 0 bridgehead atoms. The molecule has 1 aromatic rings. The fourth-order valence-corrected chi connectivity index (χ4v) is 1.35. The second-order valence-electron chi connectivity index (χ2n) is 3.23. The van der Waals surface area contributed by atoms with Crippen molar-refractivity contribution in [3.8, 4) is 0 Å². The highest BCUT2D eigenvalue weighted by atomic mass is 19.2. The predicted molar refractivity (Wildman–Crippen MR) is 50.3 cm³/mol. The van der Waals surface area contributed by atoms with Crippen LogP contribution in [-0.4, -0.2) is 0 Å². The van der Waals surface area contributed by atoms with Gasteiger partial charge in [0.05, 0.1) is 0 Å². The molecule has 0 aliphatic rings. The molecule has 15 heavy (non-hydrogen) atoms. The maximum absolute atomic E-state index is 13.3. The van der Waals surface area contributed by atoms with Crippen molar-refractivity contribution >= 4 is 5.57 Å². The molecule has 1 aromatic carbocycles. The van der Waals surface area contributed by atoms with Gasteiger partial charge in [-0.05, 0) is 31.9 Å². The van der Waals surface area contributed by atoms with E-state index in [1.165, 1.54) is 19.9 Å². The molecule has 0 unspecified atom stereocenters. The number of rotatable bonds is 1. The van der Waals surface area contributed by atoms with E-state index in [1.54, 1.807) is 6.92 Å². The van der Waals surface area contributed by atoms with E-state index in [0.717, 1.165) is 0 Å². The molecule has 4 heteroatoms. The summed E-state index contributed by atoms with van der Waals surface area (Å²) in [5, 5.41) is 0. The largest absolute Gasteiger partial charge is 0.203 e. The first kappa shape index (κ1) is 11.8. The van der Waals surface area contributed by atoms with Crippen molar-refractivity contribution in [2.75, 3.05) is 0 Å². The summed E-state index contributed by atoms with van der Waals surface area (Å²) < 4.78 is 52.1. The number of hydrogen-bond acceptors (Lipinski definition) is 0. The molecule has 0 saturated carbocycles. The Morgan fingerprint density at radius 2 is 1.40 bits per heavy atom. The standard InChI is InChI=1S/C11H10F4/c1-4-5(2)7-6(3)8(12)10(14)11(15)9(7)13/h4H,1-3H3/b5-4-. The fraction of sp³-hybridized carbons (Fsp3) is 0.273. The van der Waals surface area contributed by atoms with Gasteiger partial charge in [0.15, 0.2) is 23.3 Å².